The van der Waals surface area contributed by atoms with Crippen molar-refractivity contribution >= 4 is 34.1 Å². The van der Waals surface area contributed by atoms with Gasteiger partial charge in [0.1, 0.15) is 11.5 Å². The Morgan fingerprint density at radius 1 is 1.19 bits per heavy atom. The van der Waals surface area contributed by atoms with Gasteiger partial charge in [-0.15, -0.1) is 11.3 Å². The van der Waals surface area contributed by atoms with Gasteiger partial charge in [-0.2, -0.15) is 0 Å². The van der Waals surface area contributed by atoms with Gasteiger partial charge >= 0.3 is 0 Å². The van der Waals surface area contributed by atoms with E-state index in [9.17, 15) is 9.59 Å². The van der Waals surface area contributed by atoms with Crippen LogP contribution < -0.4 is 10.6 Å². The summed E-state index contributed by atoms with van der Waals surface area (Å²) in [5, 5.41) is 8.39. The number of pyridine rings is 2. The fourth-order valence-corrected chi connectivity index (χ4v) is 3.41. The highest BCUT2D eigenvalue weighted by atomic mass is 32.1. The maximum atomic E-state index is 12.6. The number of hydrogen-bond acceptors (Lipinski definition) is 7. The van der Waals surface area contributed by atoms with Crippen molar-refractivity contribution < 1.29 is 9.59 Å². The van der Waals surface area contributed by atoms with E-state index in [4.69, 9.17) is 0 Å². The summed E-state index contributed by atoms with van der Waals surface area (Å²) >= 11 is 1.43. The third-order valence-electron chi connectivity index (χ3n) is 4.00. The molecule has 0 unspecified atom stereocenters. The Hall–Kier alpha value is -3.33. The first-order valence-corrected chi connectivity index (χ1v) is 9.23. The number of piperazine rings is 1. The Kier molecular flexibility index (Phi) is 4.75. The molecule has 0 aliphatic carbocycles. The maximum absolute atomic E-state index is 12.6. The van der Waals surface area contributed by atoms with Gasteiger partial charge in [0.25, 0.3) is 5.91 Å². The van der Waals surface area contributed by atoms with E-state index in [1.807, 2.05) is 23.6 Å². The monoisotopic (exact) mass is 380 g/mol. The predicted molar refractivity (Wildman–Crippen MR) is 102 cm³/mol. The van der Waals surface area contributed by atoms with Gasteiger partial charge in [0.05, 0.1) is 12.2 Å². The minimum Gasteiger partial charge on any atom is -0.353 e. The zero-order valence-corrected chi connectivity index (χ0v) is 15.1. The summed E-state index contributed by atoms with van der Waals surface area (Å²) in [4.78, 5) is 38.7. The lowest BCUT2D eigenvalue weighted by Crippen LogP contribution is -2.49. The molecule has 0 saturated carbocycles. The Bertz CT molecular complexity index is 975. The van der Waals surface area contributed by atoms with Crippen molar-refractivity contribution in [3.8, 4) is 11.4 Å². The van der Waals surface area contributed by atoms with Gasteiger partial charge in [-0.1, -0.05) is 6.07 Å². The van der Waals surface area contributed by atoms with E-state index in [1.165, 1.54) is 16.2 Å². The lowest BCUT2D eigenvalue weighted by Gasteiger charge is -2.26. The average molecular weight is 380 g/mol. The van der Waals surface area contributed by atoms with E-state index in [0.717, 1.165) is 11.4 Å². The molecular weight excluding hydrogens is 364 g/mol. The van der Waals surface area contributed by atoms with E-state index < -0.39 is 0 Å². The number of hydrogen-bond donors (Lipinski definition) is 2. The Labute approximate surface area is 159 Å². The fraction of sp³-hybridized carbons (Fsp3) is 0.167. The van der Waals surface area contributed by atoms with Crippen LogP contribution in [0, 0.1) is 0 Å². The smallest absolute Gasteiger partial charge is 0.254 e. The van der Waals surface area contributed by atoms with Gasteiger partial charge in [0, 0.05) is 36.4 Å². The van der Waals surface area contributed by atoms with Gasteiger partial charge in [0.2, 0.25) is 5.91 Å². The van der Waals surface area contributed by atoms with Crippen LogP contribution in [0.5, 0.6) is 0 Å². The van der Waals surface area contributed by atoms with Gasteiger partial charge in [0.15, 0.2) is 5.13 Å². The number of thiazole rings is 1. The Morgan fingerprint density at radius 3 is 2.93 bits per heavy atom. The van der Waals surface area contributed by atoms with Crippen molar-refractivity contribution in [3.63, 3.8) is 0 Å². The number of carbonyl (C=O) groups excluding carboxylic acids is 2. The SMILES string of the molecule is O=C1CN(C(=O)c2ccnc(Nc3nc(-c4ccccn4)cs3)c2)CCN1. The molecule has 2 N–H and O–H groups in total. The fourth-order valence-electron chi connectivity index (χ4n) is 2.70. The summed E-state index contributed by atoms with van der Waals surface area (Å²) in [5.41, 5.74) is 2.04. The molecule has 1 aliphatic heterocycles. The van der Waals surface area contributed by atoms with Crippen LogP contribution >= 0.6 is 11.3 Å². The molecule has 1 fully saturated rings. The zero-order valence-electron chi connectivity index (χ0n) is 14.3. The molecule has 136 valence electrons. The van der Waals surface area contributed by atoms with E-state index in [1.54, 1.807) is 24.5 Å². The molecule has 9 heteroatoms. The summed E-state index contributed by atoms with van der Waals surface area (Å²) in [7, 11) is 0. The summed E-state index contributed by atoms with van der Waals surface area (Å²) in [6.07, 6.45) is 3.28. The van der Waals surface area contributed by atoms with E-state index in [0.29, 0.717) is 29.6 Å². The van der Waals surface area contributed by atoms with Crippen LogP contribution in [0.2, 0.25) is 0 Å². The van der Waals surface area contributed by atoms with Gasteiger partial charge in [-0.05, 0) is 24.3 Å². The molecule has 27 heavy (non-hydrogen) atoms. The van der Waals surface area contributed by atoms with Crippen LogP contribution in [0.1, 0.15) is 10.4 Å². The van der Waals surface area contributed by atoms with E-state index in [2.05, 4.69) is 25.6 Å². The quantitative estimate of drug-likeness (QED) is 0.717. The summed E-state index contributed by atoms with van der Waals surface area (Å²) < 4.78 is 0. The van der Waals surface area contributed by atoms with Gasteiger partial charge in [-0.3, -0.25) is 14.6 Å². The molecule has 3 aromatic heterocycles. The maximum Gasteiger partial charge on any atom is 0.254 e. The molecule has 0 aromatic carbocycles. The number of aromatic nitrogens is 3. The highest BCUT2D eigenvalue weighted by Crippen LogP contribution is 2.25. The minimum absolute atomic E-state index is 0.0732. The van der Waals surface area contributed by atoms with Crippen LogP contribution in [0.25, 0.3) is 11.4 Å². The van der Waals surface area contributed by atoms with Crippen molar-refractivity contribution in [1.82, 2.24) is 25.2 Å². The van der Waals surface area contributed by atoms with Crippen molar-refractivity contribution in [2.24, 2.45) is 0 Å². The number of anilines is 2. The molecule has 1 aliphatic rings. The van der Waals surface area contributed by atoms with Gasteiger partial charge in [-0.25, -0.2) is 9.97 Å². The standard InChI is InChI=1S/C18H16N6O2S/c25-16-10-24(8-7-21-16)17(26)12-4-6-20-15(9-12)23-18-22-14(11-27-18)13-3-1-2-5-19-13/h1-6,9,11H,7-8,10H2,(H,21,25)(H,20,22,23). The van der Waals surface area contributed by atoms with Crippen LogP contribution in [0.15, 0.2) is 48.1 Å². The van der Waals surface area contributed by atoms with E-state index >= 15 is 0 Å². The number of rotatable bonds is 4. The van der Waals surface area contributed by atoms with Crippen molar-refractivity contribution in [3.05, 3.63) is 53.7 Å². The van der Waals surface area contributed by atoms with Crippen molar-refractivity contribution in [2.45, 2.75) is 0 Å². The third-order valence-corrected chi connectivity index (χ3v) is 4.76. The summed E-state index contributed by atoms with van der Waals surface area (Å²) in [5.74, 6) is 0.180. The van der Waals surface area contributed by atoms with Crippen molar-refractivity contribution in [1.29, 1.82) is 0 Å². The first-order valence-electron chi connectivity index (χ1n) is 8.35. The van der Waals surface area contributed by atoms with E-state index in [-0.39, 0.29) is 18.4 Å². The number of nitrogens with one attached hydrogen (secondary N) is 2. The highest BCUT2D eigenvalue weighted by molar-refractivity contribution is 7.14. The first-order chi connectivity index (χ1) is 13.2. The molecule has 0 radical (unpaired) electrons. The Morgan fingerprint density at radius 2 is 2.11 bits per heavy atom. The molecule has 4 heterocycles. The third kappa shape index (κ3) is 3.93. The highest BCUT2D eigenvalue weighted by Gasteiger charge is 2.22. The number of carbonyl (C=O) groups is 2. The number of amides is 2. The second kappa shape index (κ2) is 7.50. The molecule has 0 atom stereocenters. The predicted octanol–water partition coefficient (Wildman–Crippen LogP) is 1.92. The molecule has 0 spiro atoms. The Balaban J connectivity index is 1.49. The average Bonchev–Trinajstić information content (AvgIpc) is 3.17. The zero-order chi connectivity index (χ0) is 18.6. The summed E-state index contributed by atoms with van der Waals surface area (Å²) in [6, 6.07) is 8.96. The lowest BCUT2D eigenvalue weighted by atomic mass is 10.2. The van der Waals surface area contributed by atoms with Gasteiger partial charge < -0.3 is 15.5 Å². The molecule has 2 amide bonds. The molecule has 3 aromatic rings. The second-order valence-electron chi connectivity index (χ2n) is 5.88. The minimum atomic E-state index is -0.191. The first kappa shape index (κ1) is 17.1. The molecular formula is C18H16N6O2S. The number of nitrogens with zero attached hydrogens (tertiary/aromatic N) is 4. The normalized spacial score (nSPS) is 13.9. The molecule has 0 bridgehead atoms. The van der Waals surface area contributed by atoms with Crippen LogP contribution in [0.4, 0.5) is 10.9 Å². The summed E-state index contributed by atoms with van der Waals surface area (Å²) in [6.45, 7) is 1.04. The van der Waals surface area contributed by atoms with Crippen molar-refractivity contribution in [2.75, 3.05) is 25.0 Å². The van der Waals surface area contributed by atoms with Crippen LogP contribution in [-0.2, 0) is 4.79 Å². The largest absolute Gasteiger partial charge is 0.353 e. The molecule has 4 rings (SSSR count). The topological polar surface area (TPSA) is 100 Å². The second-order valence-corrected chi connectivity index (χ2v) is 6.74. The van der Waals surface area contributed by atoms with Crippen LogP contribution in [0.3, 0.4) is 0 Å². The molecule has 1 saturated heterocycles. The lowest BCUT2D eigenvalue weighted by molar-refractivity contribution is -0.123. The van der Waals surface area contributed by atoms with Crippen LogP contribution in [-0.4, -0.2) is 51.3 Å². The molecule has 8 nitrogen and oxygen atoms in total.